The van der Waals surface area contributed by atoms with E-state index in [1.807, 2.05) is 20.8 Å². The maximum Gasteiger partial charge on any atom is 0.330 e. The molecule has 1 N–H and O–H groups in total. The summed E-state index contributed by atoms with van der Waals surface area (Å²) >= 11 is 0. The Morgan fingerprint density at radius 2 is 2.05 bits per heavy atom. The molecule has 5 nitrogen and oxygen atoms in total. The molecule has 1 rings (SSSR count). The van der Waals surface area contributed by atoms with Gasteiger partial charge in [0.05, 0.1) is 6.61 Å². The topological polar surface area (TPSA) is 64.6 Å². The third-order valence-electron chi connectivity index (χ3n) is 3.59. The van der Waals surface area contributed by atoms with Crippen molar-refractivity contribution in [2.24, 2.45) is 11.8 Å². The summed E-state index contributed by atoms with van der Waals surface area (Å²) in [6.07, 6.45) is 4.75. The van der Waals surface area contributed by atoms with Gasteiger partial charge in [-0.25, -0.2) is 4.79 Å². The quantitative estimate of drug-likeness (QED) is 0.575. The van der Waals surface area contributed by atoms with Crippen LogP contribution in [0.5, 0.6) is 0 Å². The van der Waals surface area contributed by atoms with E-state index < -0.39 is 0 Å². The second kappa shape index (κ2) is 8.82. The van der Waals surface area contributed by atoms with E-state index in [0.29, 0.717) is 6.61 Å². The Morgan fingerprint density at radius 3 is 2.57 bits per heavy atom. The fourth-order valence-corrected chi connectivity index (χ4v) is 2.48. The van der Waals surface area contributed by atoms with Crippen molar-refractivity contribution in [1.82, 2.24) is 5.32 Å². The van der Waals surface area contributed by atoms with E-state index in [1.165, 1.54) is 6.08 Å². The van der Waals surface area contributed by atoms with Crippen molar-refractivity contribution in [2.45, 2.75) is 52.7 Å². The van der Waals surface area contributed by atoms with Gasteiger partial charge < -0.3 is 14.8 Å². The minimum Gasteiger partial charge on any atom is -0.463 e. The van der Waals surface area contributed by atoms with Crippen LogP contribution in [0.1, 0.15) is 40.5 Å². The van der Waals surface area contributed by atoms with Crippen molar-refractivity contribution >= 4 is 11.9 Å². The number of nitrogens with one attached hydrogen (secondary N) is 1. The van der Waals surface area contributed by atoms with Crippen molar-refractivity contribution in [3.05, 3.63) is 12.2 Å². The first-order valence-corrected chi connectivity index (χ1v) is 7.74. The van der Waals surface area contributed by atoms with Crippen molar-refractivity contribution < 1.29 is 19.1 Å². The predicted molar refractivity (Wildman–Crippen MR) is 80.7 cm³/mol. The summed E-state index contributed by atoms with van der Waals surface area (Å²) in [5, 5.41) is 3.14. The average Bonchev–Trinajstić information content (AvgIpc) is 2.96. The largest absolute Gasteiger partial charge is 0.463 e. The van der Waals surface area contributed by atoms with Crippen LogP contribution in [-0.2, 0) is 19.1 Å². The van der Waals surface area contributed by atoms with Gasteiger partial charge in [0.15, 0.2) is 0 Å². The average molecular weight is 297 g/mol. The van der Waals surface area contributed by atoms with Crippen LogP contribution < -0.4 is 5.32 Å². The highest BCUT2D eigenvalue weighted by Gasteiger charge is 2.29. The first-order chi connectivity index (χ1) is 9.95. The summed E-state index contributed by atoms with van der Waals surface area (Å²) in [6.45, 7) is 8.94. The van der Waals surface area contributed by atoms with Crippen LogP contribution in [0.2, 0.25) is 0 Å². The lowest BCUT2D eigenvalue weighted by Crippen LogP contribution is -2.38. The number of hydrogen-bond acceptors (Lipinski definition) is 5. The molecule has 0 spiro atoms. The molecule has 1 saturated heterocycles. The lowest BCUT2D eigenvalue weighted by atomic mass is 9.94. The fraction of sp³-hybridized carbons (Fsp3) is 0.750. The number of carbonyl (C=O) groups excluding carboxylic acids is 2. The smallest absolute Gasteiger partial charge is 0.330 e. The van der Waals surface area contributed by atoms with E-state index in [1.54, 1.807) is 13.0 Å². The van der Waals surface area contributed by atoms with E-state index >= 15 is 0 Å². The molecule has 1 aliphatic heterocycles. The molecule has 0 radical (unpaired) electrons. The molecule has 0 unspecified atom stereocenters. The van der Waals surface area contributed by atoms with E-state index in [9.17, 15) is 9.59 Å². The van der Waals surface area contributed by atoms with E-state index in [2.05, 4.69) is 5.32 Å². The molecule has 0 aromatic carbocycles. The zero-order valence-electron chi connectivity index (χ0n) is 13.4. The number of esters is 2. The van der Waals surface area contributed by atoms with Crippen LogP contribution >= 0.6 is 0 Å². The minimum atomic E-state index is -0.365. The minimum absolute atomic E-state index is 0.0419. The summed E-state index contributed by atoms with van der Waals surface area (Å²) in [4.78, 5) is 23.4. The predicted octanol–water partition coefficient (Wildman–Crippen LogP) is 2.06. The van der Waals surface area contributed by atoms with Gasteiger partial charge in [-0.2, -0.15) is 0 Å². The van der Waals surface area contributed by atoms with Gasteiger partial charge >= 0.3 is 11.9 Å². The molecule has 0 amide bonds. The van der Waals surface area contributed by atoms with Crippen molar-refractivity contribution in [2.75, 3.05) is 13.2 Å². The summed E-state index contributed by atoms with van der Waals surface area (Å²) < 4.78 is 10.5. The SMILES string of the molecule is CCOC(=O)/C=C/[C@@H](C)[C@H](OC(=O)[C@H]1CCCN1)C(C)C. The first kappa shape index (κ1) is 17.7. The standard InChI is InChI=1S/C16H27NO4/c1-5-20-14(18)9-8-12(4)15(11(2)3)21-16(19)13-7-6-10-17-13/h8-9,11-13,15,17H,5-7,10H2,1-4H3/b9-8+/t12-,13-,15-/m1/s1. The lowest BCUT2D eigenvalue weighted by molar-refractivity contribution is -0.155. The van der Waals surface area contributed by atoms with Gasteiger partial charge in [-0.1, -0.05) is 26.8 Å². The molecule has 5 heteroatoms. The molecule has 0 saturated carbocycles. The Hall–Kier alpha value is -1.36. The zero-order chi connectivity index (χ0) is 15.8. The second-order valence-electron chi connectivity index (χ2n) is 5.76. The summed E-state index contributed by atoms with van der Waals surface area (Å²) in [5.74, 6) is -0.421. The Morgan fingerprint density at radius 1 is 1.33 bits per heavy atom. The Labute approximate surface area is 127 Å². The molecular weight excluding hydrogens is 270 g/mol. The van der Waals surface area contributed by atoms with Gasteiger partial charge in [0.25, 0.3) is 0 Å². The van der Waals surface area contributed by atoms with E-state index in [4.69, 9.17) is 9.47 Å². The third-order valence-corrected chi connectivity index (χ3v) is 3.59. The van der Waals surface area contributed by atoms with Gasteiger partial charge in [0.2, 0.25) is 0 Å². The van der Waals surface area contributed by atoms with Crippen LogP contribution in [-0.4, -0.2) is 37.2 Å². The normalized spacial score (nSPS) is 21.5. The van der Waals surface area contributed by atoms with Crippen LogP contribution in [0.15, 0.2) is 12.2 Å². The van der Waals surface area contributed by atoms with Crippen LogP contribution in [0, 0.1) is 11.8 Å². The van der Waals surface area contributed by atoms with Crippen molar-refractivity contribution in [1.29, 1.82) is 0 Å². The molecule has 1 heterocycles. The van der Waals surface area contributed by atoms with Crippen LogP contribution in [0.3, 0.4) is 0 Å². The highest BCUT2D eigenvalue weighted by Crippen LogP contribution is 2.20. The lowest BCUT2D eigenvalue weighted by Gasteiger charge is -2.26. The van der Waals surface area contributed by atoms with E-state index in [0.717, 1.165) is 19.4 Å². The second-order valence-corrected chi connectivity index (χ2v) is 5.76. The van der Waals surface area contributed by atoms with Gasteiger partial charge in [-0.15, -0.1) is 0 Å². The summed E-state index contributed by atoms with van der Waals surface area (Å²) in [7, 11) is 0. The fourth-order valence-electron chi connectivity index (χ4n) is 2.48. The number of hydrogen-bond donors (Lipinski definition) is 1. The number of carbonyl (C=O) groups is 2. The Kier molecular flexibility index (Phi) is 7.43. The molecule has 0 aromatic heterocycles. The van der Waals surface area contributed by atoms with Gasteiger partial charge in [-0.05, 0) is 32.2 Å². The number of ether oxygens (including phenoxy) is 2. The number of rotatable bonds is 7. The van der Waals surface area contributed by atoms with E-state index in [-0.39, 0.29) is 35.9 Å². The molecular formula is C16H27NO4. The van der Waals surface area contributed by atoms with Gasteiger partial charge in [0, 0.05) is 12.0 Å². The van der Waals surface area contributed by atoms with Gasteiger partial charge in [-0.3, -0.25) is 4.79 Å². The maximum atomic E-state index is 12.1. The summed E-state index contributed by atoms with van der Waals surface area (Å²) in [5.41, 5.74) is 0. The molecule has 1 aliphatic rings. The molecule has 1 fully saturated rings. The monoisotopic (exact) mass is 297 g/mol. The highest BCUT2D eigenvalue weighted by atomic mass is 16.5. The molecule has 0 aliphatic carbocycles. The first-order valence-electron chi connectivity index (χ1n) is 7.74. The van der Waals surface area contributed by atoms with Crippen LogP contribution in [0.4, 0.5) is 0 Å². The van der Waals surface area contributed by atoms with Crippen molar-refractivity contribution in [3.8, 4) is 0 Å². The van der Waals surface area contributed by atoms with Gasteiger partial charge in [0.1, 0.15) is 12.1 Å². The molecule has 120 valence electrons. The molecule has 0 bridgehead atoms. The molecule has 3 atom stereocenters. The van der Waals surface area contributed by atoms with Crippen molar-refractivity contribution in [3.63, 3.8) is 0 Å². The molecule has 0 aromatic rings. The Bertz CT molecular complexity index is 372. The van der Waals surface area contributed by atoms with Crippen LogP contribution in [0.25, 0.3) is 0 Å². The molecule has 21 heavy (non-hydrogen) atoms. The summed E-state index contributed by atoms with van der Waals surface area (Å²) in [6, 6.07) is -0.188. The third kappa shape index (κ3) is 5.87. The Balaban J connectivity index is 2.58. The highest BCUT2D eigenvalue weighted by molar-refractivity contribution is 5.82. The zero-order valence-corrected chi connectivity index (χ0v) is 13.4. The maximum absolute atomic E-state index is 12.1.